The third-order valence-electron chi connectivity index (χ3n) is 2.84. The van der Waals surface area contributed by atoms with Crippen molar-refractivity contribution in [3.05, 3.63) is 62.8 Å². The smallest absolute Gasteiger partial charge is 0.142 e. The van der Waals surface area contributed by atoms with E-state index in [0.717, 1.165) is 10.0 Å². The highest BCUT2D eigenvalue weighted by molar-refractivity contribution is 9.10. The van der Waals surface area contributed by atoms with Gasteiger partial charge in [0.15, 0.2) is 0 Å². The van der Waals surface area contributed by atoms with Crippen LogP contribution in [0, 0.1) is 5.82 Å². The summed E-state index contributed by atoms with van der Waals surface area (Å²) in [6, 6.07) is 10.1. The van der Waals surface area contributed by atoms with Crippen LogP contribution in [0.25, 0.3) is 0 Å². The zero-order chi connectivity index (χ0) is 14.7. The molecule has 0 fully saturated rings. The van der Waals surface area contributed by atoms with Crippen molar-refractivity contribution in [1.29, 1.82) is 0 Å². The molecule has 0 bridgehead atoms. The van der Waals surface area contributed by atoms with Gasteiger partial charge in [0.2, 0.25) is 0 Å². The molecule has 0 aliphatic heterocycles. The zero-order valence-corrected chi connectivity index (χ0v) is 13.2. The van der Waals surface area contributed by atoms with Crippen LogP contribution in [-0.2, 0) is 6.61 Å². The Morgan fingerprint density at radius 3 is 2.70 bits per heavy atom. The van der Waals surface area contributed by atoms with Gasteiger partial charge in [0.05, 0.1) is 5.02 Å². The van der Waals surface area contributed by atoms with Gasteiger partial charge in [-0.3, -0.25) is 0 Å². The quantitative estimate of drug-likeness (QED) is 0.848. The van der Waals surface area contributed by atoms with E-state index in [-0.39, 0.29) is 17.7 Å². The maximum atomic E-state index is 13.4. The van der Waals surface area contributed by atoms with Crippen LogP contribution >= 0.6 is 27.5 Å². The van der Waals surface area contributed by atoms with Crippen molar-refractivity contribution in [1.82, 2.24) is 0 Å². The summed E-state index contributed by atoms with van der Waals surface area (Å²) in [6.07, 6.45) is 0. The van der Waals surface area contributed by atoms with E-state index in [9.17, 15) is 4.39 Å². The van der Waals surface area contributed by atoms with Gasteiger partial charge in [0.1, 0.15) is 18.2 Å². The van der Waals surface area contributed by atoms with E-state index in [1.54, 1.807) is 6.07 Å². The Labute approximate surface area is 130 Å². The predicted molar refractivity (Wildman–Crippen MR) is 82.5 cm³/mol. The Kier molecular flexibility index (Phi) is 5.02. The maximum Gasteiger partial charge on any atom is 0.142 e. The summed E-state index contributed by atoms with van der Waals surface area (Å²) in [4.78, 5) is 0. The lowest BCUT2D eigenvalue weighted by molar-refractivity contribution is 0.301. The fraction of sp³-hybridized carbons (Fsp3) is 0.200. The average molecular weight is 359 g/mol. The maximum absolute atomic E-state index is 13.4. The first-order chi connectivity index (χ1) is 9.47. The third kappa shape index (κ3) is 3.72. The number of halogens is 3. The van der Waals surface area contributed by atoms with Crippen molar-refractivity contribution in [2.24, 2.45) is 5.73 Å². The number of hydrogen-bond acceptors (Lipinski definition) is 2. The van der Waals surface area contributed by atoms with Gasteiger partial charge in [-0.2, -0.15) is 0 Å². The van der Waals surface area contributed by atoms with Crippen LogP contribution in [0.15, 0.2) is 40.9 Å². The molecule has 0 amide bonds. The van der Waals surface area contributed by atoms with Crippen LogP contribution in [0.4, 0.5) is 4.39 Å². The normalized spacial score (nSPS) is 12.2. The summed E-state index contributed by atoms with van der Waals surface area (Å²) in [5, 5.41) is 0.105. The van der Waals surface area contributed by atoms with E-state index in [4.69, 9.17) is 22.1 Å². The highest BCUT2D eigenvalue weighted by Gasteiger charge is 2.09. The lowest BCUT2D eigenvalue weighted by Gasteiger charge is -2.14. The van der Waals surface area contributed by atoms with Gasteiger partial charge < -0.3 is 10.5 Å². The topological polar surface area (TPSA) is 35.2 Å². The molecule has 2 N–H and O–H groups in total. The lowest BCUT2D eigenvalue weighted by atomic mass is 10.1. The van der Waals surface area contributed by atoms with Crippen LogP contribution in [0.3, 0.4) is 0 Å². The van der Waals surface area contributed by atoms with Gasteiger partial charge in [-0.25, -0.2) is 4.39 Å². The molecule has 2 rings (SSSR count). The van der Waals surface area contributed by atoms with Crippen LogP contribution in [0.1, 0.15) is 24.1 Å². The van der Waals surface area contributed by atoms with Crippen LogP contribution in [0.2, 0.25) is 5.02 Å². The first-order valence-electron chi connectivity index (χ1n) is 6.09. The molecule has 1 atom stereocenters. The second-order valence-electron chi connectivity index (χ2n) is 4.51. The molecule has 2 nitrogen and oxygen atoms in total. The first kappa shape index (κ1) is 15.3. The van der Waals surface area contributed by atoms with Crippen molar-refractivity contribution >= 4 is 27.5 Å². The van der Waals surface area contributed by atoms with E-state index >= 15 is 0 Å². The van der Waals surface area contributed by atoms with Gasteiger partial charge in [-0.1, -0.05) is 33.6 Å². The number of hydrogen-bond donors (Lipinski definition) is 1. The minimum atomic E-state index is -0.448. The summed E-state index contributed by atoms with van der Waals surface area (Å²) < 4.78 is 20.0. The summed E-state index contributed by atoms with van der Waals surface area (Å²) in [5.74, 6) is 0.245. The molecule has 0 unspecified atom stereocenters. The molecule has 106 valence electrons. The molecular weight excluding hydrogens is 345 g/mol. The van der Waals surface area contributed by atoms with Gasteiger partial charge in [-0.05, 0) is 42.8 Å². The fourth-order valence-corrected chi connectivity index (χ4v) is 2.29. The molecule has 0 radical (unpaired) electrons. The largest absolute Gasteiger partial charge is 0.489 e. The van der Waals surface area contributed by atoms with Gasteiger partial charge in [0.25, 0.3) is 0 Å². The first-order valence-corrected chi connectivity index (χ1v) is 7.26. The predicted octanol–water partition coefficient (Wildman–Crippen LogP) is 4.84. The van der Waals surface area contributed by atoms with E-state index in [2.05, 4.69) is 15.9 Å². The van der Waals surface area contributed by atoms with Crippen LogP contribution < -0.4 is 10.5 Å². The molecular formula is C15H14BrClFNO. The Bertz CT molecular complexity index is 619. The van der Waals surface area contributed by atoms with Crippen LogP contribution in [-0.4, -0.2) is 0 Å². The van der Waals surface area contributed by atoms with Gasteiger partial charge in [0, 0.05) is 16.1 Å². The number of rotatable bonds is 4. The van der Waals surface area contributed by atoms with Crippen molar-refractivity contribution in [3.63, 3.8) is 0 Å². The summed E-state index contributed by atoms with van der Waals surface area (Å²) >= 11 is 9.05. The molecule has 0 aliphatic rings. The molecule has 0 aromatic heterocycles. The Balaban J connectivity index is 2.16. The number of ether oxygens (including phenoxy) is 1. The summed E-state index contributed by atoms with van der Waals surface area (Å²) in [6.45, 7) is 2.14. The highest BCUT2D eigenvalue weighted by atomic mass is 79.9. The Morgan fingerprint density at radius 2 is 2.05 bits per heavy atom. The van der Waals surface area contributed by atoms with Crippen molar-refractivity contribution in [2.45, 2.75) is 19.6 Å². The van der Waals surface area contributed by atoms with E-state index in [1.165, 1.54) is 12.1 Å². The van der Waals surface area contributed by atoms with E-state index < -0.39 is 5.82 Å². The second kappa shape index (κ2) is 6.57. The minimum Gasteiger partial charge on any atom is -0.489 e. The zero-order valence-electron chi connectivity index (χ0n) is 10.9. The molecule has 0 saturated carbocycles. The molecule has 0 spiro atoms. The lowest BCUT2D eigenvalue weighted by Crippen LogP contribution is -2.08. The van der Waals surface area contributed by atoms with Crippen LogP contribution in [0.5, 0.6) is 5.75 Å². The summed E-state index contributed by atoms with van der Waals surface area (Å²) in [5.41, 5.74) is 7.53. The highest BCUT2D eigenvalue weighted by Crippen LogP contribution is 2.28. The fourth-order valence-electron chi connectivity index (χ4n) is 1.80. The molecule has 0 heterocycles. The van der Waals surface area contributed by atoms with Crippen molar-refractivity contribution < 1.29 is 9.13 Å². The summed E-state index contributed by atoms with van der Waals surface area (Å²) in [7, 11) is 0. The Morgan fingerprint density at radius 1 is 1.30 bits per heavy atom. The Hall–Kier alpha value is -1.10. The molecule has 20 heavy (non-hydrogen) atoms. The van der Waals surface area contributed by atoms with Crippen molar-refractivity contribution in [3.8, 4) is 5.75 Å². The van der Waals surface area contributed by atoms with Crippen molar-refractivity contribution in [2.75, 3.05) is 0 Å². The third-order valence-corrected chi connectivity index (χ3v) is 3.64. The average Bonchev–Trinajstić information content (AvgIpc) is 2.41. The van der Waals surface area contributed by atoms with Gasteiger partial charge in [-0.15, -0.1) is 0 Å². The monoisotopic (exact) mass is 357 g/mol. The van der Waals surface area contributed by atoms with E-state index in [0.29, 0.717) is 11.3 Å². The minimum absolute atomic E-state index is 0.105. The molecule has 0 saturated heterocycles. The molecule has 5 heteroatoms. The number of benzene rings is 2. The van der Waals surface area contributed by atoms with E-state index in [1.807, 2.05) is 25.1 Å². The molecule has 2 aromatic carbocycles. The standard InChI is InChI=1S/C15H14BrClFNO/c1-9(19)12-7-11(16)3-5-15(12)20-8-10-2-4-13(17)14(18)6-10/h2-7,9H,8,19H2,1H3/t9-/m1/s1. The van der Waals surface area contributed by atoms with Gasteiger partial charge >= 0.3 is 0 Å². The molecule has 0 aliphatic carbocycles. The number of nitrogens with two attached hydrogens (primary N) is 1. The second-order valence-corrected chi connectivity index (χ2v) is 5.83. The SMILES string of the molecule is C[C@@H](N)c1cc(Br)ccc1OCc1ccc(Cl)c(F)c1. The molecule has 2 aromatic rings.